The molecule has 0 aliphatic heterocycles. The topological polar surface area (TPSA) is 61.8 Å². The first kappa shape index (κ1) is 17.1. The molecule has 0 fully saturated rings. The third kappa shape index (κ3) is 3.00. The third-order valence-electron chi connectivity index (χ3n) is 3.90. The molecule has 132 valence electrons. The number of hydrogen-bond donors (Lipinski definition) is 1. The van der Waals surface area contributed by atoms with Crippen molar-refractivity contribution in [1.82, 2.24) is 9.38 Å². The highest BCUT2D eigenvalue weighted by molar-refractivity contribution is 5.73. The summed E-state index contributed by atoms with van der Waals surface area (Å²) in [7, 11) is 3.03. The Balaban J connectivity index is 2.27. The summed E-state index contributed by atoms with van der Waals surface area (Å²) in [6, 6.07) is 7.46. The van der Waals surface area contributed by atoms with E-state index in [1.54, 1.807) is 18.2 Å². The zero-order chi connectivity index (χ0) is 18.2. The van der Waals surface area contributed by atoms with Gasteiger partial charge in [-0.25, -0.2) is 4.98 Å². The fourth-order valence-electron chi connectivity index (χ4n) is 2.67. The van der Waals surface area contributed by atoms with E-state index in [1.807, 2.05) is 0 Å². The molecule has 8 heteroatoms. The predicted molar refractivity (Wildman–Crippen MR) is 86.6 cm³/mol. The van der Waals surface area contributed by atoms with Gasteiger partial charge in [-0.1, -0.05) is 0 Å². The minimum atomic E-state index is -4.45. The number of aromatic nitrogens is 2. The maximum atomic E-state index is 13.0. The lowest BCUT2D eigenvalue weighted by molar-refractivity contribution is -0.137. The molecule has 2 aromatic heterocycles. The second-order valence-corrected chi connectivity index (χ2v) is 5.32. The van der Waals surface area contributed by atoms with E-state index in [-0.39, 0.29) is 6.54 Å². The molecule has 2 N–H and O–H groups in total. The average Bonchev–Trinajstić information content (AvgIpc) is 2.97. The number of nitrogens with two attached hydrogens (primary N) is 1. The Labute approximate surface area is 141 Å². The van der Waals surface area contributed by atoms with Crippen LogP contribution in [0.4, 0.5) is 13.2 Å². The molecule has 0 saturated carbocycles. The van der Waals surface area contributed by atoms with Gasteiger partial charge in [0.25, 0.3) is 0 Å². The van der Waals surface area contributed by atoms with Gasteiger partial charge in [0.1, 0.15) is 17.1 Å². The van der Waals surface area contributed by atoms with Crippen molar-refractivity contribution in [3.05, 3.63) is 47.8 Å². The first-order chi connectivity index (χ1) is 11.9. The van der Waals surface area contributed by atoms with Crippen LogP contribution in [0.25, 0.3) is 16.9 Å². The number of nitrogens with zero attached hydrogens (tertiary/aromatic N) is 2. The lowest BCUT2D eigenvalue weighted by atomic mass is 10.1. The fraction of sp³-hybridized carbons (Fsp3) is 0.235. The zero-order valence-corrected chi connectivity index (χ0v) is 13.6. The Morgan fingerprint density at radius 2 is 1.88 bits per heavy atom. The van der Waals surface area contributed by atoms with E-state index in [0.29, 0.717) is 34.1 Å². The van der Waals surface area contributed by atoms with Crippen LogP contribution in [0.2, 0.25) is 0 Å². The van der Waals surface area contributed by atoms with Crippen molar-refractivity contribution in [1.29, 1.82) is 0 Å². The fourth-order valence-corrected chi connectivity index (χ4v) is 2.67. The van der Waals surface area contributed by atoms with Gasteiger partial charge in [0, 0.05) is 18.3 Å². The largest absolute Gasteiger partial charge is 0.497 e. The number of pyridine rings is 1. The summed E-state index contributed by atoms with van der Waals surface area (Å²) < 4.78 is 50.9. The third-order valence-corrected chi connectivity index (χ3v) is 3.90. The molecule has 0 bridgehead atoms. The number of methoxy groups -OCH3 is 2. The highest BCUT2D eigenvalue weighted by Gasteiger charge is 2.31. The molecule has 0 radical (unpaired) electrons. The van der Waals surface area contributed by atoms with Crippen LogP contribution in [-0.2, 0) is 12.7 Å². The van der Waals surface area contributed by atoms with E-state index in [9.17, 15) is 13.2 Å². The molecule has 0 aliphatic carbocycles. The number of benzene rings is 1. The van der Waals surface area contributed by atoms with Crippen molar-refractivity contribution in [3.8, 4) is 22.8 Å². The Morgan fingerprint density at radius 1 is 1.12 bits per heavy atom. The Bertz CT molecular complexity index is 919. The summed E-state index contributed by atoms with van der Waals surface area (Å²) in [5, 5.41) is 0. The van der Waals surface area contributed by atoms with Crippen LogP contribution in [0.3, 0.4) is 0 Å². The number of rotatable bonds is 4. The predicted octanol–water partition coefficient (Wildman–Crippen LogP) is 3.50. The first-order valence-electron chi connectivity index (χ1n) is 7.39. The molecule has 0 amide bonds. The van der Waals surface area contributed by atoms with Gasteiger partial charge in [-0.05, 0) is 30.3 Å². The summed E-state index contributed by atoms with van der Waals surface area (Å²) in [5.41, 5.74) is 6.91. The van der Waals surface area contributed by atoms with E-state index < -0.39 is 11.7 Å². The number of fused-ring (bicyclic) bond motifs is 1. The van der Waals surface area contributed by atoms with Gasteiger partial charge in [0.2, 0.25) is 0 Å². The van der Waals surface area contributed by atoms with Gasteiger partial charge in [-0.3, -0.25) is 0 Å². The minimum absolute atomic E-state index is 0.0121. The molecule has 5 nitrogen and oxygen atoms in total. The van der Waals surface area contributed by atoms with Gasteiger partial charge in [-0.2, -0.15) is 13.2 Å². The smallest absolute Gasteiger partial charge is 0.417 e. The molecule has 0 atom stereocenters. The average molecular weight is 351 g/mol. The maximum absolute atomic E-state index is 13.0. The molecule has 2 heterocycles. The van der Waals surface area contributed by atoms with Gasteiger partial charge >= 0.3 is 6.18 Å². The monoisotopic (exact) mass is 351 g/mol. The van der Waals surface area contributed by atoms with E-state index in [4.69, 9.17) is 15.2 Å². The molecule has 0 spiro atoms. The number of halogens is 3. The van der Waals surface area contributed by atoms with Gasteiger partial charge in [0.15, 0.2) is 0 Å². The van der Waals surface area contributed by atoms with Crippen LogP contribution >= 0.6 is 0 Å². The van der Waals surface area contributed by atoms with E-state index in [2.05, 4.69) is 4.98 Å². The Morgan fingerprint density at radius 3 is 2.48 bits per heavy atom. The van der Waals surface area contributed by atoms with Crippen LogP contribution in [0, 0.1) is 0 Å². The molecule has 0 unspecified atom stereocenters. The molecular weight excluding hydrogens is 335 g/mol. The summed E-state index contributed by atoms with van der Waals surface area (Å²) >= 11 is 0. The Kier molecular flexibility index (Phi) is 4.30. The molecule has 25 heavy (non-hydrogen) atoms. The minimum Gasteiger partial charge on any atom is -0.497 e. The van der Waals surface area contributed by atoms with Crippen LogP contribution in [0.1, 0.15) is 11.3 Å². The molecule has 0 aliphatic rings. The summed E-state index contributed by atoms with van der Waals surface area (Å²) in [6.45, 7) is 0.0121. The molecular formula is C17H16F3N3O2. The molecule has 0 saturated heterocycles. The van der Waals surface area contributed by atoms with Crippen LogP contribution in [0.15, 0.2) is 36.5 Å². The molecule has 3 rings (SSSR count). The molecule has 1 aromatic carbocycles. The van der Waals surface area contributed by atoms with Crippen LogP contribution < -0.4 is 15.2 Å². The lowest BCUT2D eigenvalue weighted by Gasteiger charge is -2.10. The van der Waals surface area contributed by atoms with Crippen LogP contribution in [0.5, 0.6) is 11.5 Å². The number of hydrogen-bond acceptors (Lipinski definition) is 4. The number of alkyl halides is 3. The van der Waals surface area contributed by atoms with Crippen molar-refractivity contribution >= 4 is 5.65 Å². The zero-order valence-electron chi connectivity index (χ0n) is 13.6. The second-order valence-electron chi connectivity index (χ2n) is 5.32. The van der Waals surface area contributed by atoms with Crippen molar-refractivity contribution in [2.24, 2.45) is 5.73 Å². The SMILES string of the molecule is COc1ccc(OC)c(-c2nc3ccc(C(F)(F)F)cn3c2CN)c1. The van der Waals surface area contributed by atoms with Gasteiger partial charge in [0.05, 0.1) is 31.2 Å². The van der Waals surface area contributed by atoms with E-state index >= 15 is 0 Å². The van der Waals surface area contributed by atoms with Gasteiger partial charge < -0.3 is 19.6 Å². The number of ether oxygens (including phenoxy) is 2. The van der Waals surface area contributed by atoms with Crippen molar-refractivity contribution in [2.75, 3.05) is 14.2 Å². The number of imidazole rings is 1. The normalized spacial score (nSPS) is 11.8. The van der Waals surface area contributed by atoms with Crippen molar-refractivity contribution in [3.63, 3.8) is 0 Å². The molecule has 3 aromatic rings. The standard InChI is InChI=1S/C17H16F3N3O2/c1-24-11-4-5-14(25-2)12(7-11)16-13(8-21)23-9-10(17(18,19)20)3-6-15(23)22-16/h3-7,9H,8,21H2,1-2H3. The Hall–Kier alpha value is -2.74. The maximum Gasteiger partial charge on any atom is 0.417 e. The highest BCUT2D eigenvalue weighted by atomic mass is 19.4. The summed E-state index contributed by atoms with van der Waals surface area (Å²) in [5.74, 6) is 1.10. The van der Waals surface area contributed by atoms with E-state index in [1.165, 1.54) is 24.7 Å². The van der Waals surface area contributed by atoms with Crippen LogP contribution in [-0.4, -0.2) is 23.6 Å². The quantitative estimate of drug-likeness (QED) is 0.782. The summed E-state index contributed by atoms with van der Waals surface area (Å²) in [4.78, 5) is 4.44. The highest BCUT2D eigenvalue weighted by Crippen LogP contribution is 2.36. The summed E-state index contributed by atoms with van der Waals surface area (Å²) in [6.07, 6.45) is -3.45. The van der Waals surface area contributed by atoms with Crippen molar-refractivity contribution in [2.45, 2.75) is 12.7 Å². The second kappa shape index (κ2) is 6.29. The van der Waals surface area contributed by atoms with Gasteiger partial charge in [-0.15, -0.1) is 0 Å². The van der Waals surface area contributed by atoms with Crippen molar-refractivity contribution < 1.29 is 22.6 Å². The first-order valence-corrected chi connectivity index (χ1v) is 7.39. The van der Waals surface area contributed by atoms with E-state index in [0.717, 1.165) is 12.3 Å². The lowest BCUT2D eigenvalue weighted by Crippen LogP contribution is -2.08.